The molecule has 0 amide bonds. The minimum absolute atomic E-state index is 0. The van der Waals surface area contributed by atoms with E-state index in [4.69, 9.17) is 40.8 Å². The van der Waals surface area contributed by atoms with Crippen molar-refractivity contribution in [2.45, 2.75) is 0 Å². The van der Waals surface area contributed by atoms with Crippen molar-refractivity contribution >= 4 is 37.7 Å². The van der Waals surface area contributed by atoms with E-state index in [1.165, 1.54) is 5.34 Å². The van der Waals surface area contributed by atoms with Gasteiger partial charge in [0.05, 0.1) is 0 Å². The summed E-state index contributed by atoms with van der Waals surface area (Å²) in [5.74, 6) is 0. The second-order valence-electron chi connectivity index (χ2n) is 0.557. The summed E-state index contributed by atoms with van der Waals surface area (Å²) in [4.78, 5) is 24.8. The first kappa shape index (κ1) is 22.5. The van der Waals surface area contributed by atoms with E-state index >= 15 is 0 Å². The Labute approximate surface area is 96.7 Å². The third-order valence-electron chi connectivity index (χ3n) is 0. The van der Waals surface area contributed by atoms with Crippen LogP contribution in [-0.4, -0.2) is 63.5 Å². The van der Waals surface area contributed by atoms with Gasteiger partial charge in [-0.15, -0.1) is 25.1 Å². The Balaban J connectivity index is -0.0000000156. The van der Waals surface area contributed by atoms with E-state index < -0.39 is 10.2 Å². The average Bonchev–Trinajstić information content (AvgIpc) is 1.60. The van der Waals surface area contributed by atoms with Gasteiger partial charge in [0.15, 0.2) is 5.34 Å². The van der Waals surface area contributed by atoms with Gasteiger partial charge in [0.25, 0.3) is 10.2 Å². The number of hydrogen-bond donors (Lipinski definition) is 3. The third-order valence-corrected chi connectivity index (χ3v) is 0. The molecule has 0 aromatic carbocycles. The SMILES string of the molecule is O=NO.O=[N+]([O-])O.O=[N+]([O-])O.[Ca+2].[H-].[H-]. The van der Waals surface area contributed by atoms with Crippen LogP contribution in [0.5, 0.6) is 0 Å². The molecule has 0 spiro atoms. The molecule has 0 heterocycles. The minimum Gasteiger partial charge on any atom is -1.00 e. The zero-order chi connectivity index (χ0) is 9.86. The van der Waals surface area contributed by atoms with E-state index in [1.54, 1.807) is 0 Å². The second-order valence-corrected chi connectivity index (χ2v) is 0.557. The van der Waals surface area contributed by atoms with Crippen LogP contribution in [-0.2, 0) is 0 Å². The summed E-state index contributed by atoms with van der Waals surface area (Å²) in [7, 11) is 0. The van der Waals surface area contributed by atoms with Crippen LogP contribution >= 0.6 is 0 Å². The average molecular weight is 215 g/mol. The van der Waals surface area contributed by atoms with Gasteiger partial charge in [-0.25, -0.2) is 0 Å². The maximum atomic E-state index is 8.36. The van der Waals surface area contributed by atoms with Crippen LogP contribution in [0.4, 0.5) is 0 Å². The van der Waals surface area contributed by atoms with Gasteiger partial charge in [-0.05, 0) is 0 Å². The molecule has 0 saturated carbocycles. The van der Waals surface area contributed by atoms with Crippen molar-refractivity contribution in [2.24, 2.45) is 5.34 Å². The van der Waals surface area contributed by atoms with Crippen molar-refractivity contribution in [1.29, 1.82) is 0 Å². The molecule has 0 aliphatic rings. The molecular weight excluding hydrogens is 210 g/mol. The van der Waals surface area contributed by atoms with E-state index in [0.29, 0.717) is 0 Å². The quantitative estimate of drug-likeness (QED) is 0.205. The molecule has 0 radical (unpaired) electrons. The van der Waals surface area contributed by atoms with E-state index in [2.05, 4.69) is 0 Å². The minimum atomic E-state index is -1.50. The molecule has 0 saturated heterocycles. The first-order valence-corrected chi connectivity index (χ1v) is 1.51. The van der Waals surface area contributed by atoms with Crippen LogP contribution in [0.1, 0.15) is 2.85 Å². The molecule has 11 nitrogen and oxygen atoms in total. The summed E-state index contributed by atoms with van der Waals surface area (Å²) in [5.41, 5.74) is 0. The predicted molar refractivity (Wildman–Crippen MR) is 33.1 cm³/mol. The Bertz CT molecular complexity index is 110. The van der Waals surface area contributed by atoms with E-state index in [1.807, 2.05) is 0 Å². The van der Waals surface area contributed by atoms with Gasteiger partial charge in [-0.1, -0.05) is 0 Å². The van der Waals surface area contributed by atoms with Crippen molar-refractivity contribution in [3.63, 3.8) is 0 Å². The first-order valence-electron chi connectivity index (χ1n) is 1.51. The van der Waals surface area contributed by atoms with Crippen molar-refractivity contribution in [3.05, 3.63) is 25.1 Å². The fourth-order valence-electron chi connectivity index (χ4n) is 0. The Hall–Kier alpha value is -0.940. The van der Waals surface area contributed by atoms with Gasteiger partial charge in [0, 0.05) is 0 Å². The van der Waals surface area contributed by atoms with Gasteiger partial charge < -0.3 is 18.5 Å². The summed E-state index contributed by atoms with van der Waals surface area (Å²) in [5, 5.41) is 35.2. The second kappa shape index (κ2) is 22.5. The molecule has 0 rings (SSSR count). The van der Waals surface area contributed by atoms with E-state index in [9.17, 15) is 0 Å². The molecule has 12 heavy (non-hydrogen) atoms. The van der Waals surface area contributed by atoms with Crippen LogP contribution in [0.3, 0.4) is 0 Å². The molecule has 0 aliphatic heterocycles. The van der Waals surface area contributed by atoms with Crippen LogP contribution in [0.25, 0.3) is 0 Å². The molecular formula is H5CaN3O8. The Morgan fingerprint density at radius 2 is 1.17 bits per heavy atom. The summed E-state index contributed by atoms with van der Waals surface area (Å²) < 4.78 is 0. The molecule has 70 valence electrons. The summed E-state index contributed by atoms with van der Waals surface area (Å²) in [6.45, 7) is 0. The first-order chi connectivity index (χ1) is 4.88. The largest absolute Gasteiger partial charge is 2.00 e. The molecule has 3 N–H and O–H groups in total. The standard InChI is InChI=1S/Ca.2HNO3.HNO2.2H/c;2*2-1(3)4;2-1-3;;/h;2*(H,2,3,4);(H,2,3);;/q+2;;;;2*-1. The Morgan fingerprint density at radius 1 is 1.17 bits per heavy atom. The fraction of sp³-hybridized carbons (Fsp3) is 0. The zero-order valence-electron chi connectivity index (χ0n) is 7.43. The molecule has 0 aromatic heterocycles. The number of hydrogen-bond acceptors (Lipinski definition) is 6. The fourth-order valence-corrected chi connectivity index (χ4v) is 0. The van der Waals surface area contributed by atoms with Crippen molar-refractivity contribution < 1.29 is 28.6 Å². The summed E-state index contributed by atoms with van der Waals surface area (Å²) in [6.07, 6.45) is 0. The maximum absolute atomic E-state index is 8.36. The van der Waals surface area contributed by atoms with Crippen LogP contribution in [0.15, 0.2) is 5.34 Å². The molecule has 0 atom stereocenters. The van der Waals surface area contributed by atoms with Gasteiger partial charge in [-0.2, -0.15) is 0 Å². The monoisotopic (exact) mass is 215 g/mol. The molecule has 0 bridgehead atoms. The van der Waals surface area contributed by atoms with Crippen LogP contribution < -0.4 is 0 Å². The molecule has 0 fully saturated rings. The third kappa shape index (κ3) is 666. The molecule has 0 aromatic rings. The van der Waals surface area contributed by atoms with Gasteiger partial charge >= 0.3 is 37.7 Å². The van der Waals surface area contributed by atoms with Crippen molar-refractivity contribution in [3.8, 4) is 0 Å². The van der Waals surface area contributed by atoms with Crippen LogP contribution in [0, 0.1) is 25.1 Å². The zero-order valence-corrected chi connectivity index (χ0v) is 7.64. The molecule has 0 aliphatic carbocycles. The van der Waals surface area contributed by atoms with Crippen LogP contribution in [0.2, 0.25) is 0 Å². The topological polar surface area (TPSA) is 176 Å². The summed E-state index contributed by atoms with van der Waals surface area (Å²) >= 11 is 0. The van der Waals surface area contributed by atoms with Gasteiger partial charge in [0.1, 0.15) is 0 Å². The normalized spacial score (nSPS) is 5.00. The predicted octanol–water partition coefficient (Wildman–Crippen LogP) is -0.709. The number of nitrogens with zero attached hydrogens (tertiary/aromatic N) is 3. The van der Waals surface area contributed by atoms with Gasteiger partial charge in [0.2, 0.25) is 0 Å². The van der Waals surface area contributed by atoms with Crippen molar-refractivity contribution in [1.82, 2.24) is 0 Å². The van der Waals surface area contributed by atoms with Gasteiger partial charge in [-0.3, -0.25) is 0 Å². The van der Waals surface area contributed by atoms with Crippen molar-refractivity contribution in [2.75, 3.05) is 0 Å². The smallest absolute Gasteiger partial charge is 1.00 e. The number of rotatable bonds is 0. The molecule has 12 heteroatoms. The Morgan fingerprint density at radius 3 is 1.17 bits per heavy atom. The van der Waals surface area contributed by atoms with E-state index in [0.717, 1.165) is 0 Å². The van der Waals surface area contributed by atoms with E-state index in [-0.39, 0.29) is 40.6 Å². The maximum Gasteiger partial charge on any atom is 2.00 e. The molecule has 0 unspecified atom stereocenters. The Kier molecular flexibility index (Phi) is 42.1. The summed E-state index contributed by atoms with van der Waals surface area (Å²) in [6, 6.07) is 0.